The van der Waals surface area contributed by atoms with Gasteiger partial charge in [-0.1, -0.05) is 17.7 Å². The van der Waals surface area contributed by atoms with Crippen LogP contribution in [0.15, 0.2) is 60.7 Å². The van der Waals surface area contributed by atoms with Crippen molar-refractivity contribution in [3.8, 4) is 17.2 Å². The number of benzene rings is 3. The molecule has 0 spiro atoms. The first-order valence-electron chi connectivity index (χ1n) is 13.3. The van der Waals surface area contributed by atoms with Crippen molar-refractivity contribution in [2.24, 2.45) is 0 Å². The summed E-state index contributed by atoms with van der Waals surface area (Å²) in [4.78, 5) is 31.4. The summed E-state index contributed by atoms with van der Waals surface area (Å²) in [7, 11) is 1.61. The number of ether oxygens (including phenoxy) is 3. The Morgan fingerprint density at radius 1 is 0.925 bits per heavy atom. The lowest BCUT2D eigenvalue weighted by atomic mass is 10.1. The van der Waals surface area contributed by atoms with Gasteiger partial charge in [0.05, 0.1) is 19.0 Å². The largest absolute Gasteiger partial charge is 0.497 e. The zero-order valence-electron chi connectivity index (χ0n) is 22.5. The topological polar surface area (TPSA) is 73.2 Å². The molecular formula is C31H30ClN3O5. The molecule has 1 saturated heterocycles. The molecule has 0 saturated carbocycles. The van der Waals surface area contributed by atoms with Gasteiger partial charge in [-0.15, -0.1) is 0 Å². The Morgan fingerprint density at radius 3 is 2.42 bits per heavy atom. The molecular weight excluding hydrogens is 530 g/mol. The summed E-state index contributed by atoms with van der Waals surface area (Å²) in [5.74, 6) is 2.12. The molecule has 9 heteroatoms. The molecule has 0 N–H and O–H groups in total. The third kappa shape index (κ3) is 5.00. The lowest BCUT2D eigenvalue weighted by Gasteiger charge is -2.35. The summed E-state index contributed by atoms with van der Waals surface area (Å²) in [6.45, 7) is 5.81. The first-order chi connectivity index (χ1) is 19.4. The molecule has 8 nitrogen and oxygen atoms in total. The summed E-state index contributed by atoms with van der Waals surface area (Å²) >= 11 is 6.04. The van der Waals surface area contributed by atoms with Crippen molar-refractivity contribution in [2.75, 3.05) is 40.1 Å². The molecule has 40 heavy (non-hydrogen) atoms. The van der Waals surface area contributed by atoms with Crippen LogP contribution in [0.4, 0.5) is 0 Å². The van der Waals surface area contributed by atoms with Crippen molar-refractivity contribution in [3.63, 3.8) is 0 Å². The van der Waals surface area contributed by atoms with Crippen LogP contribution in [0.1, 0.15) is 27.2 Å². The highest BCUT2D eigenvalue weighted by Gasteiger charge is 2.26. The minimum absolute atomic E-state index is 0.0478. The number of methoxy groups -OCH3 is 1. The van der Waals surface area contributed by atoms with E-state index < -0.39 is 0 Å². The Kier molecular flexibility index (Phi) is 7.12. The molecule has 0 atom stereocenters. The average molecular weight is 560 g/mol. The van der Waals surface area contributed by atoms with Crippen molar-refractivity contribution in [3.05, 3.63) is 88.1 Å². The number of nitrogens with zero attached hydrogens (tertiary/aromatic N) is 3. The van der Waals surface area contributed by atoms with Crippen LogP contribution in [0.2, 0.25) is 5.02 Å². The summed E-state index contributed by atoms with van der Waals surface area (Å²) in [6, 6.07) is 18.5. The van der Waals surface area contributed by atoms with Crippen LogP contribution in [0.5, 0.6) is 17.2 Å². The molecule has 2 aliphatic rings. The molecule has 2 aliphatic heterocycles. The second-order valence-electron chi connectivity index (χ2n) is 10.1. The third-order valence-corrected chi connectivity index (χ3v) is 7.98. The Morgan fingerprint density at radius 2 is 1.68 bits per heavy atom. The van der Waals surface area contributed by atoms with Crippen LogP contribution < -0.4 is 14.2 Å². The number of aromatic nitrogens is 1. The Labute approximate surface area is 237 Å². The van der Waals surface area contributed by atoms with Gasteiger partial charge in [-0.25, -0.2) is 0 Å². The number of hydrogen-bond acceptors (Lipinski definition) is 6. The fraction of sp³-hybridized carbons (Fsp3) is 0.290. The van der Waals surface area contributed by atoms with Crippen molar-refractivity contribution < 1.29 is 23.8 Å². The lowest BCUT2D eigenvalue weighted by molar-refractivity contribution is -0.132. The monoisotopic (exact) mass is 559 g/mol. The Balaban J connectivity index is 1.19. The first-order valence-corrected chi connectivity index (χ1v) is 13.7. The highest BCUT2D eigenvalue weighted by Crippen LogP contribution is 2.33. The minimum atomic E-state index is -0.167. The van der Waals surface area contributed by atoms with Gasteiger partial charge >= 0.3 is 0 Å². The molecule has 1 fully saturated rings. The van der Waals surface area contributed by atoms with Gasteiger partial charge in [0, 0.05) is 54.4 Å². The predicted molar refractivity (Wildman–Crippen MR) is 153 cm³/mol. The molecule has 1 aromatic heterocycles. The quantitative estimate of drug-likeness (QED) is 0.334. The maximum atomic E-state index is 13.6. The van der Waals surface area contributed by atoms with Gasteiger partial charge in [-0.05, 0) is 72.6 Å². The van der Waals surface area contributed by atoms with Gasteiger partial charge < -0.3 is 19.1 Å². The van der Waals surface area contributed by atoms with Gasteiger partial charge in [0.2, 0.25) is 12.7 Å². The maximum Gasteiger partial charge on any atom is 0.262 e. The van der Waals surface area contributed by atoms with Gasteiger partial charge in [0.1, 0.15) is 5.75 Å². The number of hydrogen-bond donors (Lipinski definition) is 0. The van der Waals surface area contributed by atoms with Crippen molar-refractivity contribution in [1.82, 2.24) is 14.4 Å². The van der Waals surface area contributed by atoms with Crippen molar-refractivity contribution in [2.45, 2.75) is 19.9 Å². The number of rotatable bonds is 6. The van der Waals surface area contributed by atoms with Crippen LogP contribution >= 0.6 is 11.6 Å². The van der Waals surface area contributed by atoms with Gasteiger partial charge in [-0.3, -0.25) is 19.1 Å². The van der Waals surface area contributed by atoms with Crippen LogP contribution in [-0.2, 0) is 17.8 Å². The minimum Gasteiger partial charge on any atom is -0.497 e. The van der Waals surface area contributed by atoms with E-state index in [1.54, 1.807) is 35.9 Å². The maximum absolute atomic E-state index is 13.6. The van der Waals surface area contributed by atoms with Crippen molar-refractivity contribution in [1.29, 1.82) is 0 Å². The van der Waals surface area contributed by atoms with Crippen molar-refractivity contribution >= 4 is 34.3 Å². The van der Waals surface area contributed by atoms with E-state index in [1.165, 1.54) is 0 Å². The molecule has 0 unspecified atom stereocenters. The normalized spacial score (nSPS) is 15.0. The third-order valence-electron chi connectivity index (χ3n) is 7.73. The van der Waals surface area contributed by atoms with E-state index in [1.807, 2.05) is 42.2 Å². The fourth-order valence-corrected chi connectivity index (χ4v) is 5.64. The highest BCUT2D eigenvalue weighted by atomic mass is 35.5. The standard InChI is InChI=1S/C31H30ClN3O5/c1-20-25(26-16-24(38-2)8-9-27(26)35(20)31(37)22-4-6-23(32)7-5-22)17-30(36)34-13-11-33(12-14-34)18-21-3-10-28-29(15-21)40-19-39-28/h3-10,15-16H,11-14,17-19H2,1-2H3. The fourth-order valence-electron chi connectivity index (χ4n) is 5.51. The molecule has 6 rings (SSSR count). The van der Waals surface area contributed by atoms with Crippen LogP contribution in [-0.4, -0.2) is 66.3 Å². The SMILES string of the molecule is COc1ccc2c(c1)c(CC(=O)N1CCN(Cc3ccc4c(c3)OCO4)CC1)c(C)n2C(=O)c1ccc(Cl)cc1. The summed E-state index contributed by atoms with van der Waals surface area (Å²) in [5.41, 5.74) is 4.01. The van der Waals surface area contributed by atoms with Crippen LogP contribution in [0.3, 0.4) is 0 Å². The van der Waals surface area contributed by atoms with E-state index in [2.05, 4.69) is 11.0 Å². The summed E-state index contributed by atoms with van der Waals surface area (Å²) in [6.07, 6.45) is 0.207. The summed E-state index contributed by atoms with van der Waals surface area (Å²) < 4.78 is 18.1. The van der Waals surface area contributed by atoms with E-state index in [-0.39, 0.29) is 25.0 Å². The molecule has 3 heterocycles. The molecule has 0 aliphatic carbocycles. The molecule has 3 aromatic carbocycles. The number of amides is 1. The number of carbonyl (C=O) groups is 2. The lowest BCUT2D eigenvalue weighted by Crippen LogP contribution is -2.48. The first kappa shape index (κ1) is 26.2. The van der Waals surface area contributed by atoms with E-state index in [0.717, 1.165) is 58.9 Å². The number of piperazine rings is 1. The smallest absolute Gasteiger partial charge is 0.262 e. The number of halogens is 1. The molecule has 206 valence electrons. The molecule has 0 radical (unpaired) electrons. The second-order valence-corrected chi connectivity index (χ2v) is 10.6. The van der Waals surface area contributed by atoms with E-state index in [0.29, 0.717) is 29.4 Å². The summed E-state index contributed by atoms with van der Waals surface area (Å²) in [5, 5.41) is 1.41. The molecule has 1 amide bonds. The predicted octanol–water partition coefficient (Wildman–Crippen LogP) is 4.92. The second kappa shape index (κ2) is 10.9. The van der Waals surface area contributed by atoms with Gasteiger partial charge in [0.25, 0.3) is 5.91 Å². The van der Waals surface area contributed by atoms with Gasteiger partial charge in [-0.2, -0.15) is 0 Å². The molecule has 4 aromatic rings. The number of carbonyl (C=O) groups excluding carboxylic acids is 2. The molecule has 0 bridgehead atoms. The average Bonchev–Trinajstić information content (AvgIpc) is 3.55. The van der Waals surface area contributed by atoms with Crippen LogP contribution in [0, 0.1) is 6.92 Å². The highest BCUT2D eigenvalue weighted by molar-refractivity contribution is 6.30. The Hall–Kier alpha value is -4.01. The van der Waals surface area contributed by atoms with E-state index in [9.17, 15) is 9.59 Å². The van der Waals surface area contributed by atoms with E-state index in [4.69, 9.17) is 25.8 Å². The zero-order valence-corrected chi connectivity index (χ0v) is 23.2. The number of fused-ring (bicyclic) bond motifs is 2. The zero-order chi connectivity index (χ0) is 27.8. The van der Waals surface area contributed by atoms with E-state index >= 15 is 0 Å². The van der Waals surface area contributed by atoms with Gasteiger partial charge in [0.15, 0.2) is 11.5 Å². The Bertz CT molecular complexity index is 1590. The van der Waals surface area contributed by atoms with Crippen LogP contribution in [0.25, 0.3) is 10.9 Å².